The Labute approximate surface area is 196 Å². The van der Waals surface area contributed by atoms with Crippen molar-refractivity contribution in [2.45, 2.75) is 13.3 Å². The van der Waals surface area contributed by atoms with Crippen LogP contribution in [0.3, 0.4) is 0 Å². The molecule has 2 aromatic heterocycles. The molecule has 3 aromatic carbocycles. The molecule has 0 fully saturated rings. The van der Waals surface area contributed by atoms with Gasteiger partial charge in [0.2, 0.25) is 0 Å². The maximum atomic E-state index is 6.27. The van der Waals surface area contributed by atoms with E-state index in [1.165, 1.54) is 11.9 Å². The maximum absolute atomic E-state index is 6.27. The summed E-state index contributed by atoms with van der Waals surface area (Å²) in [7, 11) is 3.23. The molecule has 0 aliphatic heterocycles. The standard InChI is InChI=1S/C27H24N4O3/c1-4-17-9-11-23-20(13-17)22(30-31-27-19-7-5-6-8-21(19)28-16-29-27)15-25(34-23)18-10-12-24(32-2)26(14-18)33-3/h5-16H,4H2,1-3H3,(H,28,29,31). The molecule has 7 heteroatoms. The van der Waals surface area contributed by atoms with Gasteiger partial charge in [0.05, 0.1) is 25.1 Å². The SMILES string of the molecule is CCc1ccc2oc(-c3ccc(OC)c(OC)c3)cc(=NNc3ncnc4ccccc34)c2c1. The van der Waals surface area contributed by atoms with Gasteiger partial charge in [-0.25, -0.2) is 9.97 Å². The minimum atomic E-state index is 0.626. The van der Waals surface area contributed by atoms with Gasteiger partial charge in [-0.3, -0.25) is 5.43 Å². The molecule has 1 N–H and O–H groups in total. The van der Waals surface area contributed by atoms with E-state index in [9.17, 15) is 0 Å². The number of ether oxygens (including phenoxy) is 2. The van der Waals surface area contributed by atoms with Gasteiger partial charge in [-0.1, -0.05) is 25.1 Å². The van der Waals surface area contributed by atoms with E-state index in [1.807, 2.05) is 54.6 Å². The highest BCUT2D eigenvalue weighted by Gasteiger charge is 2.11. The Morgan fingerprint density at radius 2 is 1.74 bits per heavy atom. The van der Waals surface area contributed by atoms with Crippen molar-refractivity contribution in [3.63, 3.8) is 0 Å². The normalized spacial score (nSPS) is 11.7. The second kappa shape index (κ2) is 9.23. The van der Waals surface area contributed by atoms with Crippen LogP contribution in [0.15, 0.2) is 82.6 Å². The van der Waals surface area contributed by atoms with Crippen molar-refractivity contribution in [2.75, 3.05) is 19.6 Å². The van der Waals surface area contributed by atoms with Gasteiger partial charge in [0.25, 0.3) is 0 Å². The lowest BCUT2D eigenvalue weighted by atomic mass is 10.1. The summed E-state index contributed by atoms with van der Waals surface area (Å²) >= 11 is 0. The lowest BCUT2D eigenvalue weighted by molar-refractivity contribution is 0.355. The predicted molar refractivity (Wildman–Crippen MR) is 133 cm³/mol. The van der Waals surface area contributed by atoms with E-state index < -0.39 is 0 Å². The number of methoxy groups -OCH3 is 2. The third-order valence-electron chi connectivity index (χ3n) is 5.71. The molecule has 0 aliphatic carbocycles. The second-order valence-corrected chi connectivity index (χ2v) is 7.71. The first kappa shape index (κ1) is 21.5. The fourth-order valence-corrected chi connectivity index (χ4v) is 3.87. The van der Waals surface area contributed by atoms with Crippen molar-refractivity contribution in [1.82, 2.24) is 9.97 Å². The summed E-state index contributed by atoms with van der Waals surface area (Å²) in [6.45, 7) is 2.12. The highest BCUT2D eigenvalue weighted by molar-refractivity contribution is 5.88. The number of nitrogens with zero attached hydrogens (tertiary/aromatic N) is 3. The summed E-state index contributed by atoms with van der Waals surface area (Å²) < 4.78 is 17.1. The molecule has 0 bridgehead atoms. The number of hydrogen-bond donors (Lipinski definition) is 1. The largest absolute Gasteiger partial charge is 0.493 e. The Morgan fingerprint density at radius 3 is 2.56 bits per heavy atom. The Bertz CT molecular complexity index is 1550. The first-order valence-corrected chi connectivity index (χ1v) is 11.0. The van der Waals surface area contributed by atoms with Crippen LogP contribution in [0, 0.1) is 0 Å². The van der Waals surface area contributed by atoms with Crippen molar-refractivity contribution in [1.29, 1.82) is 0 Å². The van der Waals surface area contributed by atoms with Crippen molar-refractivity contribution in [3.8, 4) is 22.8 Å². The Morgan fingerprint density at radius 1 is 0.882 bits per heavy atom. The van der Waals surface area contributed by atoms with Crippen molar-refractivity contribution in [2.24, 2.45) is 5.10 Å². The number of benzene rings is 3. The molecule has 34 heavy (non-hydrogen) atoms. The molecule has 0 spiro atoms. The molecular weight excluding hydrogens is 428 g/mol. The quantitative estimate of drug-likeness (QED) is 0.340. The number of aromatic nitrogens is 2. The predicted octanol–water partition coefficient (Wildman–Crippen LogP) is 5.55. The topological polar surface area (TPSA) is 81.8 Å². The average molecular weight is 453 g/mol. The second-order valence-electron chi connectivity index (χ2n) is 7.71. The number of anilines is 1. The number of fused-ring (bicyclic) bond motifs is 2. The lowest BCUT2D eigenvalue weighted by Gasteiger charge is -2.10. The van der Waals surface area contributed by atoms with Crippen LogP contribution in [0.2, 0.25) is 0 Å². The molecule has 0 atom stereocenters. The number of aryl methyl sites for hydroxylation is 1. The van der Waals surface area contributed by atoms with Crippen molar-refractivity contribution < 1.29 is 13.9 Å². The highest BCUT2D eigenvalue weighted by Crippen LogP contribution is 2.33. The molecule has 0 radical (unpaired) electrons. The summed E-state index contributed by atoms with van der Waals surface area (Å²) in [5.74, 6) is 2.58. The van der Waals surface area contributed by atoms with Crippen LogP contribution >= 0.6 is 0 Å². The van der Waals surface area contributed by atoms with Crippen LogP contribution in [0.4, 0.5) is 5.82 Å². The fourth-order valence-electron chi connectivity index (χ4n) is 3.87. The lowest BCUT2D eigenvalue weighted by Crippen LogP contribution is -2.09. The van der Waals surface area contributed by atoms with Crippen LogP contribution in [0.5, 0.6) is 11.5 Å². The fraction of sp³-hybridized carbons (Fsp3) is 0.148. The molecular formula is C27H24N4O3. The zero-order chi connectivity index (χ0) is 23.5. The molecule has 170 valence electrons. The van der Waals surface area contributed by atoms with Gasteiger partial charge in [0, 0.05) is 22.4 Å². The zero-order valence-corrected chi connectivity index (χ0v) is 19.2. The van der Waals surface area contributed by atoms with Crippen LogP contribution in [0.25, 0.3) is 33.2 Å². The van der Waals surface area contributed by atoms with Gasteiger partial charge in [-0.05, 0) is 54.4 Å². The third-order valence-corrected chi connectivity index (χ3v) is 5.71. The molecule has 5 rings (SSSR count). The van der Waals surface area contributed by atoms with Crippen LogP contribution in [-0.2, 0) is 6.42 Å². The van der Waals surface area contributed by atoms with E-state index in [4.69, 9.17) is 19.0 Å². The van der Waals surface area contributed by atoms with E-state index in [0.717, 1.165) is 39.2 Å². The van der Waals surface area contributed by atoms with E-state index >= 15 is 0 Å². The summed E-state index contributed by atoms with van der Waals surface area (Å²) in [6.07, 6.45) is 2.44. The summed E-state index contributed by atoms with van der Waals surface area (Å²) in [5.41, 5.74) is 6.77. The van der Waals surface area contributed by atoms with Crippen molar-refractivity contribution >= 4 is 27.7 Å². The van der Waals surface area contributed by atoms with Crippen LogP contribution in [-0.4, -0.2) is 24.2 Å². The van der Waals surface area contributed by atoms with Crippen molar-refractivity contribution in [3.05, 3.63) is 84.0 Å². The molecule has 0 amide bonds. The molecule has 0 saturated carbocycles. The molecule has 7 nitrogen and oxygen atoms in total. The highest BCUT2D eigenvalue weighted by atomic mass is 16.5. The monoisotopic (exact) mass is 452 g/mol. The van der Waals surface area contributed by atoms with E-state index in [1.54, 1.807) is 14.2 Å². The summed E-state index contributed by atoms with van der Waals surface area (Å²) in [4.78, 5) is 8.71. The first-order valence-electron chi connectivity index (χ1n) is 11.0. The van der Waals surface area contributed by atoms with E-state index in [2.05, 4.69) is 34.5 Å². The van der Waals surface area contributed by atoms with Gasteiger partial charge in [-0.15, -0.1) is 0 Å². The Hall–Kier alpha value is -4.39. The average Bonchev–Trinajstić information content (AvgIpc) is 2.90. The summed E-state index contributed by atoms with van der Waals surface area (Å²) in [6, 6.07) is 21.6. The zero-order valence-electron chi connectivity index (χ0n) is 19.2. The molecule has 2 heterocycles. The number of para-hydroxylation sites is 1. The van der Waals surface area contributed by atoms with Crippen LogP contribution in [0.1, 0.15) is 12.5 Å². The summed E-state index contributed by atoms with van der Waals surface area (Å²) in [5, 5.41) is 7.28. The number of nitrogens with one attached hydrogen (secondary N) is 1. The molecule has 0 saturated heterocycles. The smallest absolute Gasteiger partial charge is 0.161 e. The van der Waals surface area contributed by atoms with Gasteiger partial charge < -0.3 is 13.9 Å². The van der Waals surface area contributed by atoms with Crippen LogP contribution < -0.4 is 20.3 Å². The Kier molecular flexibility index (Phi) is 5.82. The van der Waals surface area contributed by atoms with E-state index in [0.29, 0.717) is 23.1 Å². The molecule has 5 aromatic rings. The molecule has 0 aliphatic rings. The minimum absolute atomic E-state index is 0.626. The number of rotatable bonds is 6. The first-order chi connectivity index (χ1) is 16.7. The minimum Gasteiger partial charge on any atom is -0.493 e. The third kappa shape index (κ3) is 4.03. The van der Waals surface area contributed by atoms with Gasteiger partial charge in [-0.2, -0.15) is 5.10 Å². The maximum Gasteiger partial charge on any atom is 0.161 e. The van der Waals surface area contributed by atoms with Gasteiger partial charge in [0.1, 0.15) is 17.7 Å². The Balaban J connectivity index is 1.67. The molecule has 0 unspecified atom stereocenters. The van der Waals surface area contributed by atoms with E-state index in [-0.39, 0.29) is 0 Å². The van der Waals surface area contributed by atoms with Gasteiger partial charge >= 0.3 is 0 Å². The van der Waals surface area contributed by atoms with Gasteiger partial charge in [0.15, 0.2) is 17.3 Å². The number of hydrogen-bond acceptors (Lipinski definition) is 7.